The Hall–Kier alpha value is -1.54. The first-order valence-electron chi connectivity index (χ1n) is 9.39. The van der Waals surface area contributed by atoms with E-state index in [1.807, 2.05) is 34.6 Å². The predicted molar refractivity (Wildman–Crippen MR) is 99.2 cm³/mol. The Morgan fingerprint density at radius 1 is 1.15 bits per heavy atom. The van der Waals surface area contributed by atoms with Crippen LogP contribution in [0.3, 0.4) is 0 Å². The number of alkyl carbamates (subject to hydrolysis) is 1. The number of nitrogens with zero attached hydrogens (tertiary/aromatic N) is 1. The zero-order chi connectivity index (χ0) is 19.5. The van der Waals surface area contributed by atoms with Gasteiger partial charge in [0.15, 0.2) is 0 Å². The zero-order valence-corrected chi connectivity index (χ0v) is 16.8. The van der Waals surface area contributed by atoms with E-state index in [9.17, 15) is 9.59 Å². The van der Waals surface area contributed by atoms with Crippen LogP contribution >= 0.6 is 0 Å². The van der Waals surface area contributed by atoms with E-state index in [4.69, 9.17) is 9.47 Å². The average molecular weight is 370 g/mol. The van der Waals surface area contributed by atoms with Gasteiger partial charge in [-0.3, -0.25) is 0 Å². The van der Waals surface area contributed by atoms with Crippen LogP contribution in [-0.2, 0) is 9.47 Å². The standard InChI is InChI=1S/C18H34N4O4/c1-12-11-22(8-7-19-12)16(24)26-18(5,6)9-13-14(10-20-13)21-15(23)25-17(2,3)4/h12-14,19-20H,7-11H2,1-6H3,(H,21,23)/t12-,13?,14-/m0/s1. The highest BCUT2D eigenvalue weighted by molar-refractivity contribution is 5.69. The van der Waals surface area contributed by atoms with E-state index < -0.39 is 17.3 Å². The summed E-state index contributed by atoms with van der Waals surface area (Å²) in [5.74, 6) is 0. The van der Waals surface area contributed by atoms with Gasteiger partial charge in [0.1, 0.15) is 11.2 Å². The molecule has 8 heteroatoms. The maximum absolute atomic E-state index is 12.4. The second kappa shape index (κ2) is 8.00. The molecule has 3 N–H and O–H groups in total. The van der Waals surface area contributed by atoms with Crippen molar-refractivity contribution in [2.24, 2.45) is 0 Å². The highest BCUT2D eigenvalue weighted by Crippen LogP contribution is 2.23. The van der Waals surface area contributed by atoms with Crippen molar-refractivity contribution >= 4 is 12.2 Å². The molecular weight excluding hydrogens is 336 g/mol. The Kier molecular flexibility index (Phi) is 6.39. The van der Waals surface area contributed by atoms with Crippen molar-refractivity contribution in [2.45, 2.75) is 77.3 Å². The number of carbonyl (C=O) groups is 2. The van der Waals surface area contributed by atoms with Crippen LogP contribution in [0.4, 0.5) is 9.59 Å². The van der Waals surface area contributed by atoms with Crippen molar-refractivity contribution in [1.29, 1.82) is 0 Å². The first kappa shape index (κ1) is 20.8. The normalized spacial score (nSPS) is 26.7. The number of amides is 2. The van der Waals surface area contributed by atoms with Gasteiger partial charge < -0.3 is 30.3 Å². The molecule has 3 atom stereocenters. The van der Waals surface area contributed by atoms with Crippen molar-refractivity contribution in [1.82, 2.24) is 20.9 Å². The molecule has 0 radical (unpaired) electrons. The molecule has 26 heavy (non-hydrogen) atoms. The van der Waals surface area contributed by atoms with E-state index in [1.54, 1.807) is 4.90 Å². The van der Waals surface area contributed by atoms with Gasteiger partial charge in [-0.2, -0.15) is 0 Å². The van der Waals surface area contributed by atoms with Crippen LogP contribution in [0.15, 0.2) is 0 Å². The third-order valence-electron chi connectivity index (χ3n) is 4.49. The number of carbonyl (C=O) groups excluding carboxylic acids is 2. The maximum atomic E-state index is 12.4. The summed E-state index contributed by atoms with van der Waals surface area (Å²) in [5, 5.41) is 9.49. The van der Waals surface area contributed by atoms with Crippen LogP contribution in [0.25, 0.3) is 0 Å². The van der Waals surface area contributed by atoms with E-state index in [0.717, 1.165) is 6.54 Å². The van der Waals surface area contributed by atoms with Gasteiger partial charge in [-0.1, -0.05) is 0 Å². The van der Waals surface area contributed by atoms with E-state index >= 15 is 0 Å². The summed E-state index contributed by atoms with van der Waals surface area (Å²) in [6, 6.07) is 0.296. The molecule has 0 aliphatic carbocycles. The second-order valence-corrected chi connectivity index (χ2v) is 8.90. The van der Waals surface area contributed by atoms with Crippen LogP contribution in [0.5, 0.6) is 0 Å². The molecule has 8 nitrogen and oxygen atoms in total. The van der Waals surface area contributed by atoms with Crippen LogP contribution in [0, 0.1) is 0 Å². The topological polar surface area (TPSA) is 91.9 Å². The summed E-state index contributed by atoms with van der Waals surface area (Å²) in [6.45, 7) is 14.1. The lowest BCUT2D eigenvalue weighted by molar-refractivity contribution is -0.0106. The SMILES string of the molecule is C[C@H]1CN(C(=O)OC(C)(C)CC2NC[C@@H]2NC(=O)OC(C)(C)C)CCN1. The molecule has 2 amide bonds. The molecule has 150 valence electrons. The molecule has 2 fully saturated rings. The van der Waals surface area contributed by atoms with Gasteiger partial charge >= 0.3 is 12.2 Å². The Morgan fingerprint density at radius 2 is 1.85 bits per heavy atom. The number of ether oxygens (including phenoxy) is 2. The minimum absolute atomic E-state index is 0.0259. The van der Waals surface area contributed by atoms with Crippen LogP contribution in [-0.4, -0.2) is 72.6 Å². The molecule has 2 heterocycles. The number of hydrogen-bond donors (Lipinski definition) is 3. The van der Waals surface area contributed by atoms with Crippen molar-refractivity contribution in [3.05, 3.63) is 0 Å². The maximum Gasteiger partial charge on any atom is 0.410 e. The molecule has 0 saturated carbocycles. The van der Waals surface area contributed by atoms with E-state index in [2.05, 4.69) is 22.9 Å². The Bertz CT molecular complexity index is 518. The van der Waals surface area contributed by atoms with Gasteiger partial charge in [-0.15, -0.1) is 0 Å². The Morgan fingerprint density at radius 3 is 2.38 bits per heavy atom. The van der Waals surface area contributed by atoms with Gasteiger partial charge in [0.05, 0.1) is 6.04 Å². The third kappa shape index (κ3) is 6.32. The lowest BCUT2D eigenvalue weighted by Crippen LogP contribution is -2.66. The van der Waals surface area contributed by atoms with E-state index in [0.29, 0.717) is 26.1 Å². The van der Waals surface area contributed by atoms with Crippen molar-refractivity contribution < 1.29 is 19.1 Å². The molecule has 1 unspecified atom stereocenters. The molecule has 0 aromatic rings. The summed E-state index contributed by atoms with van der Waals surface area (Å²) in [5.41, 5.74) is -1.15. The summed E-state index contributed by atoms with van der Waals surface area (Å²) < 4.78 is 11.0. The van der Waals surface area contributed by atoms with Crippen molar-refractivity contribution in [3.63, 3.8) is 0 Å². The minimum atomic E-state index is -0.628. The lowest BCUT2D eigenvalue weighted by atomic mass is 9.89. The monoisotopic (exact) mass is 370 g/mol. The smallest absolute Gasteiger partial charge is 0.410 e. The molecule has 0 aromatic carbocycles. The number of nitrogens with one attached hydrogen (secondary N) is 3. The number of hydrogen-bond acceptors (Lipinski definition) is 6. The molecule has 2 aliphatic heterocycles. The van der Waals surface area contributed by atoms with E-state index in [1.165, 1.54) is 0 Å². The van der Waals surface area contributed by atoms with Gasteiger partial charge in [0.2, 0.25) is 0 Å². The quantitative estimate of drug-likeness (QED) is 0.694. The Labute approximate surface area is 156 Å². The molecule has 0 spiro atoms. The third-order valence-corrected chi connectivity index (χ3v) is 4.49. The van der Waals surface area contributed by atoms with Crippen LogP contribution in [0.1, 0.15) is 48.0 Å². The Balaban J connectivity index is 1.80. The van der Waals surface area contributed by atoms with Gasteiger partial charge in [0, 0.05) is 44.7 Å². The summed E-state index contributed by atoms with van der Waals surface area (Å²) in [7, 11) is 0. The first-order valence-corrected chi connectivity index (χ1v) is 9.39. The number of rotatable bonds is 4. The number of piperazine rings is 1. The average Bonchev–Trinajstić information content (AvgIpc) is 2.47. The lowest BCUT2D eigenvalue weighted by Gasteiger charge is -2.43. The van der Waals surface area contributed by atoms with Crippen molar-refractivity contribution in [2.75, 3.05) is 26.2 Å². The summed E-state index contributed by atoms with van der Waals surface area (Å²) in [4.78, 5) is 26.1. The molecule has 2 aliphatic rings. The van der Waals surface area contributed by atoms with Crippen LogP contribution in [0.2, 0.25) is 0 Å². The highest BCUT2D eigenvalue weighted by atomic mass is 16.6. The predicted octanol–water partition coefficient (Wildman–Crippen LogP) is 1.45. The summed E-state index contributed by atoms with van der Waals surface area (Å²) in [6.07, 6.45) is -0.0844. The fourth-order valence-electron chi connectivity index (χ4n) is 3.20. The van der Waals surface area contributed by atoms with Crippen molar-refractivity contribution in [3.8, 4) is 0 Å². The fraction of sp³-hybridized carbons (Fsp3) is 0.889. The van der Waals surface area contributed by atoms with Gasteiger partial charge in [-0.05, 0) is 41.5 Å². The van der Waals surface area contributed by atoms with Gasteiger partial charge in [-0.25, -0.2) is 9.59 Å². The molecule has 0 aromatic heterocycles. The largest absolute Gasteiger partial charge is 0.444 e. The van der Waals surface area contributed by atoms with Crippen LogP contribution < -0.4 is 16.0 Å². The highest BCUT2D eigenvalue weighted by Gasteiger charge is 2.39. The molecule has 2 rings (SSSR count). The summed E-state index contributed by atoms with van der Waals surface area (Å²) >= 11 is 0. The zero-order valence-electron chi connectivity index (χ0n) is 16.8. The second-order valence-electron chi connectivity index (χ2n) is 8.90. The van der Waals surface area contributed by atoms with Gasteiger partial charge in [0.25, 0.3) is 0 Å². The molecular formula is C18H34N4O4. The van der Waals surface area contributed by atoms with E-state index in [-0.39, 0.29) is 24.2 Å². The first-order chi connectivity index (χ1) is 12.0. The minimum Gasteiger partial charge on any atom is -0.444 e. The molecule has 2 saturated heterocycles. The fourth-order valence-corrected chi connectivity index (χ4v) is 3.20. The molecule has 0 bridgehead atoms.